The van der Waals surface area contributed by atoms with Gasteiger partial charge in [-0.25, -0.2) is 4.79 Å². The SMILES string of the molecule is CCOC(=O)/C=C(/NCCC1OCCO1)C(C)C. The van der Waals surface area contributed by atoms with Crippen molar-refractivity contribution >= 4 is 5.97 Å². The van der Waals surface area contributed by atoms with Crippen LogP contribution in [0.2, 0.25) is 0 Å². The molecule has 0 saturated carbocycles. The van der Waals surface area contributed by atoms with Crippen LogP contribution in [-0.2, 0) is 19.0 Å². The van der Waals surface area contributed by atoms with Gasteiger partial charge in [0.05, 0.1) is 19.8 Å². The Kier molecular flexibility index (Phi) is 6.75. The smallest absolute Gasteiger partial charge is 0.332 e. The van der Waals surface area contributed by atoms with Crippen molar-refractivity contribution in [3.05, 3.63) is 11.8 Å². The predicted octanol–water partition coefficient (Wildman–Crippen LogP) is 1.44. The first kappa shape index (κ1) is 15.0. The van der Waals surface area contributed by atoms with Crippen molar-refractivity contribution in [2.24, 2.45) is 5.92 Å². The van der Waals surface area contributed by atoms with Gasteiger partial charge in [-0.3, -0.25) is 0 Å². The highest BCUT2D eigenvalue weighted by Gasteiger charge is 2.15. The normalized spacial score (nSPS) is 17.2. The summed E-state index contributed by atoms with van der Waals surface area (Å²) >= 11 is 0. The summed E-state index contributed by atoms with van der Waals surface area (Å²) in [5, 5.41) is 3.24. The lowest BCUT2D eigenvalue weighted by atomic mass is 10.1. The molecule has 1 aliphatic rings. The fourth-order valence-corrected chi connectivity index (χ4v) is 1.64. The van der Waals surface area contributed by atoms with Gasteiger partial charge in [-0.2, -0.15) is 0 Å². The van der Waals surface area contributed by atoms with Gasteiger partial charge in [0.2, 0.25) is 0 Å². The van der Waals surface area contributed by atoms with E-state index in [2.05, 4.69) is 5.32 Å². The molecule has 5 heteroatoms. The highest BCUT2D eigenvalue weighted by molar-refractivity contribution is 5.82. The second-order valence-corrected chi connectivity index (χ2v) is 4.39. The van der Waals surface area contributed by atoms with E-state index in [1.165, 1.54) is 6.08 Å². The molecule has 0 unspecified atom stereocenters. The van der Waals surface area contributed by atoms with Gasteiger partial charge in [0, 0.05) is 24.7 Å². The Labute approximate surface area is 108 Å². The van der Waals surface area contributed by atoms with Crippen LogP contribution in [-0.4, -0.2) is 38.6 Å². The van der Waals surface area contributed by atoms with E-state index in [4.69, 9.17) is 14.2 Å². The summed E-state index contributed by atoms with van der Waals surface area (Å²) in [6.45, 7) is 8.30. The summed E-state index contributed by atoms with van der Waals surface area (Å²) in [7, 11) is 0. The summed E-state index contributed by atoms with van der Waals surface area (Å²) in [6, 6.07) is 0. The van der Waals surface area contributed by atoms with E-state index < -0.39 is 0 Å². The third-order valence-electron chi connectivity index (χ3n) is 2.58. The first-order valence-corrected chi connectivity index (χ1v) is 6.49. The molecule has 104 valence electrons. The Morgan fingerprint density at radius 1 is 1.44 bits per heavy atom. The molecule has 5 nitrogen and oxygen atoms in total. The fraction of sp³-hybridized carbons (Fsp3) is 0.769. The molecule has 0 aromatic heterocycles. The van der Waals surface area contributed by atoms with E-state index in [0.29, 0.717) is 26.4 Å². The number of rotatable bonds is 7. The minimum atomic E-state index is -0.304. The Morgan fingerprint density at radius 3 is 2.67 bits per heavy atom. The van der Waals surface area contributed by atoms with Gasteiger partial charge in [0.1, 0.15) is 0 Å². The first-order valence-electron chi connectivity index (χ1n) is 6.49. The van der Waals surface area contributed by atoms with E-state index in [1.54, 1.807) is 6.92 Å². The quantitative estimate of drug-likeness (QED) is 0.552. The maximum absolute atomic E-state index is 11.4. The molecule has 0 spiro atoms. The van der Waals surface area contributed by atoms with E-state index >= 15 is 0 Å². The average molecular weight is 257 g/mol. The van der Waals surface area contributed by atoms with Crippen LogP contribution in [0.3, 0.4) is 0 Å². The Hall–Kier alpha value is -1.07. The fourth-order valence-electron chi connectivity index (χ4n) is 1.64. The molecule has 18 heavy (non-hydrogen) atoms. The van der Waals surface area contributed by atoms with Crippen molar-refractivity contribution < 1.29 is 19.0 Å². The highest BCUT2D eigenvalue weighted by atomic mass is 16.7. The molecule has 1 N–H and O–H groups in total. The number of allylic oxidation sites excluding steroid dienone is 1. The number of hydrogen-bond donors (Lipinski definition) is 1. The van der Waals surface area contributed by atoms with Crippen LogP contribution in [0.25, 0.3) is 0 Å². The molecule has 1 heterocycles. The van der Waals surface area contributed by atoms with Gasteiger partial charge in [0.25, 0.3) is 0 Å². The average Bonchev–Trinajstić information content (AvgIpc) is 2.81. The lowest BCUT2D eigenvalue weighted by Gasteiger charge is -2.16. The molecular weight excluding hydrogens is 234 g/mol. The number of carbonyl (C=O) groups is 1. The molecular formula is C13H23NO4. The van der Waals surface area contributed by atoms with Crippen LogP contribution in [0.1, 0.15) is 27.2 Å². The van der Waals surface area contributed by atoms with Crippen molar-refractivity contribution in [3.8, 4) is 0 Å². The summed E-state index contributed by atoms with van der Waals surface area (Å²) in [6.07, 6.45) is 2.17. The van der Waals surface area contributed by atoms with Crippen LogP contribution in [0, 0.1) is 5.92 Å². The summed E-state index contributed by atoms with van der Waals surface area (Å²) in [5.41, 5.74) is 0.881. The lowest BCUT2D eigenvalue weighted by molar-refractivity contribution is -0.137. The molecule has 0 radical (unpaired) electrons. The minimum absolute atomic E-state index is 0.117. The van der Waals surface area contributed by atoms with Crippen molar-refractivity contribution in [2.75, 3.05) is 26.4 Å². The van der Waals surface area contributed by atoms with Gasteiger partial charge in [-0.1, -0.05) is 13.8 Å². The van der Waals surface area contributed by atoms with Crippen LogP contribution in [0.4, 0.5) is 0 Å². The molecule has 1 saturated heterocycles. The number of carbonyl (C=O) groups excluding carboxylic acids is 1. The Balaban J connectivity index is 2.35. The molecule has 0 aromatic carbocycles. The van der Waals surface area contributed by atoms with Gasteiger partial charge in [-0.15, -0.1) is 0 Å². The molecule has 0 atom stereocenters. The lowest BCUT2D eigenvalue weighted by Crippen LogP contribution is -2.24. The third kappa shape index (κ3) is 5.51. The molecule has 1 rings (SSSR count). The molecule has 0 aromatic rings. The summed E-state index contributed by atoms with van der Waals surface area (Å²) < 4.78 is 15.6. The molecule has 0 bridgehead atoms. The second kappa shape index (κ2) is 8.11. The van der Waals surface area contributed by atoms with Gasteiger partial charge in [0.15, 0.2) is 6.29 Å². The minimum Gasteiger partial charge on any atom is -0.463 e. The zero-order chi connectivity index (χ0) is 13.4. The zero-order valence-corrected chi connectivity index (χ0v) is 11.4. The number of hydrogen-bond acceptors (Lipinski definition) is 5. The van der Waals surface area contributed by atoms with Gasteiger partial charge >= 0.3 is 5.97 Å². The van der Waals surface area contributed by atoms with Crippen molar-refractivity contribution in [1.29, 1.82) is 0 Å². The van der Waals surface area contributed by atoms with Gasteiger partial charge in [-0.05, 0) is 12.8 Å². The number of nitrogens with one attached hydrogen (secondary N) is 1. The largest absolute Gasteiger partial charge is 0.463 e. The molecule has 0 amide bonds. The van der Waals surface area contributed by atoms with E-state index in [1.807, 2.05) is 13.8 Å². The third-order valence-corrected chi connectivity index (χ3v) is 2.58. The van der Waals surface area contributed by atoms with E-state index in [9.17, 15) is 4.79 Å². The topological polar surface area (TPSA) is 56.8 Å². The molecule has 1 aliphatic heterocycles. The zero-order valence-electron chi connectivity index (χ0n) is 11.4. The van der Waals surface area contributed by atoms with Crippen LogP contribution in [0.5, 0.6) is 0 Å². The van der Waals surface area contributed by atoms with Crippen molar-refractivity contribution in [3.63, 3.8) is 0 Å². The van der Waals surface area contributed by atoms with Crippen LogP contribution >= 0.6 is 0 Å². The first-order chi connectivity index (χ1) is 8.63. The number of esters is 1. The van der Waals surface area contributed by atoms with Crippen molar-refractivity contribution in [2.45, 2.75) is 33.5 Å². The van der Waals surface area contributed by atoms with Crippen molar-refractivity contribution in [1.82, 2.24) is 5.32 Å². The maximum atomic E-state index is 11.4. The summed E-state index contributed by atoms with van der Waals surface area (Å²) in [5.74, 6) is -0.0538. The monoisotopic (exact) mass is 257 g/mol. The van der Waals surface area contributed by atoms with E-state index in [-0.39, 0.29) is 18.2 Å². The Bertz CT molecular complexity index is 283. The van der Waals surface area contributed by atoms with E-state index in [0.717, 1.165) is 12.1 Å². The standard InChI is InChI=1S/C13H23NO4/c1-4-16-12(15)9-11(10(2)3)14-6-5-13-17-7-8-18-13/h9-10,13-14H,4-8H2,1-3H3/b11-9+. The maximum Gasteiger partial charge on any atom is 0.332 e. The molecule has 1 fully saturated rings. The van der Waals surface area contributed by atoms with Crippen LogP contribution in [0.15, 0.2) is 11.8 Å². The molecule has 0 aliphatic carbocycles. The highest BCUT2D eigenvalue weighted by Crippen LogP contribution is 2.09. The van der Waals surface area contributed by atoms with Crippen LogP contribution < -0.4 is 5.32 Å². The van der Waals surface area contributed by atoms with Gasteiger partial charge < -0.3 is 19.5 Å². The number of ether oxygens (including phenoxy) is 3. The summed E-state index contributed by atoms with van der Waals surface area (Å²) in [4.78, 5) is 11.4. The Morgan fingerprint density at radius 2 is 2.11 bits per heavy atom. The predicted molar refractivity (Wildman–Crippen MR) is 67.9 cm³/mol. The second-order valence-electron chi connectivity index (χ2n) is 4.39.